The molecule has 0 radical (unpaired) electrons. The molecule has 1 atom stereocenters. The normalized spacial score (nSPS) is 20.0. The van der Waals surface area contributed by atoms with E-state index in [9.17, 15) is 9.18 Å². The van der Waals surface area contributed by atoms with E-state index in [0.29, 0.717) is 37.1 Å². The second-order valence-corrected chi connectivity index (χ2v) is 6.82. The molecule has 1 saturated carbocycles. The average Bonchev–Trinajstić information content (AvgIpc) is 3.09. The molecule has 2 aromatic rings. The predicted octanol–water partition coefficient (Wildman–Crippen LogP) is 3.72. The number of carbonyl (C=O) groups is 1. The van der Waals surface area contributed by atoms with Crippen molar-refractivity contribution in [3.8, 4) is 0 Å². The number of rotatable bonds is 6. The number of hydrogen-bond acceptors (Lipinski definition) is 4. The topological polar surface area (TPSA) is 55.6 Å². The summed E-state index contributed by atoms with van der Waals surface area (Å²) in [5.41, 5.74) is 1.24. The maximum atomic E-state index is 13.1. The van der Waals surface area contributed by atoms with E-state index >= 15 is 0 Å². The summed E-state index contributed by atoms with van der Waals surface area (Å²) >= 11 is 0. The van der Waals surface area contributed by atoms with Crippen molar-refractivity contribution in [3.05, 3.63) is 53.5 Å². The fraction of sp³-hybridized carbons (Fsp3) is 0.474. The third-order valence-corrected chi connectivity index (χ3v) is 4.77. The Kier molecular flexibility index (Phi) is 4.53. The van der Waals surface area contributed by atoms with Gasteiger partial charge in [-0.3, -0.25) is 4.79 Å². The molecule has 0 spiro atoms. The lowest BCUT2D eigenvalue weighted by Crippen LogP contribution is -2.33. The number of benzene rings is 1. The summed E-state index contributed by atoms with van der Waals surface area (Å²) in [4.78, 5) is 19.1. The number of amides is 1. The van der Waals surface area contributed by atoms with Crippen molar-refractivity contribution in [1.82, 2.24) is 9.88 Å². The van der Waals surface area contributed by atoms with E-state index < -0.39 is 0 Å². The van der Waals surface area contributed by atoms with E-state index in [1.54, 1.807) is 17.0 Å². The van der Waals surface area contributed by atoms with E-state index in [-0.39, 0.29) is 17.8 Å². The molecule has 1 amide bonds. The van der Waals surface area contributed by atoms with Crippen molar-refractivity contribution < 1.29 is 18.3 Å². The largest absolute Gasteiger partial charge is 0.445 e. The fourth-order valence-electron chi connectivity index (χ4n) is 3.22. The molecular weight excluding hydrogens is 323 g/mol. The van der Waals surface area contributed by atoms with Gasteiger partial charge in [0.1, 0.15) is 11.9 Å². The highest BCUT2D eigenvalue weighted by Crippen LogP contribution is 2.33. The number of carbonyl (C=O) groups excluding carboxylic acids is 1. The zero-order valence-electron chi connectivity index (χ0n) is 14.0. The Balaban J connectivity index is 1.55. The highest BCUT2D eigenvalue weighted by molar-refractivity contribution is 5.93. The molecule has 5 nitrogen and oxygen atoms in total. The molecule has 1 aliphatic carbocycles. The molecule has 0 bridgehead atoms. The van der Waals surface area contributed by atoms with Crippen LogP contribution in [0.2, 0.25) is 0 Å². The summed E-state index contributed by atoms with van der Waals surface area (Å²) in [6.07, 6.45) is 5.22. The van der Waals surface area contributed by atoms with Crippen molar-refractivity contribution in [2.75, 3.05) is 13.2 Å². The van der Waals surface area contributed by atoms with E-state index in [2.05, 4.69) is 4.98 Å². The molecule has 25 heavy (non-hydrogen) atoms. The third kappa shape index (κ3) is 3.74. The number of nitrogens with zero attached hydrogens (tertiary/aromatic N) is 2. The van der Waals surface area contributed by atoms with Gasteiger partial charge in [-0.25, -0.2) is 9.37 Å². The van der Waals surface area contributed by atoms with Crippen LogP contribution in [0.3, 0.4) is 0 Å². The first kappa shape index (κ1) is 16.3. The molecule has 132 valence electrons. The lowest BCUT2D eigenvalue weighted by Gasteiger charge is -2.22. The van der Waals surface area contributed by atoms with Crippen LogP contribution in [0.25, 0.3) is 0 Å². The summed E-state index contributed by atoms with van der Waals surface area (Å²) in [5.74, 6) is 0.654. The Bertz CT molecular complexity index is 733. The Morgan fingerprint density at radius 3 is 2.72 bits per heavy atom. The van der Waals surface area contributed by atoms with Gasteiger partial charge < -0.3 is 14.1 Å². The molecule has 2 fully saturated rings. The van der Waals surface area contributed by atoms with Crippen molar-refractivity contribution in [1.29, 1.82) is 0 Å². The van der Waals surface area contributed by atoms with Crippen LogP contribution in [-0.2, 0) is 11.3 Å². The SMILES string of the molecule is O=C(c1ncoc1[C@H]1CCCO1)N(Cc1ccc(F)cc1)CC1CC1. The van der Waals surface area contributed by atoms with Gasteiger partial charge in [0.25, 0.3) is 5.91 Å². The van der Waals surface area contributed by atoms with Crippen molar-refractivity contribution in [3.63, 3.8) is 0 Å². The molecule has 1 saturated heterocycles. The highest BCUT2D eigenvalue weighted by Gasteiger charge is 2.33. The van der Waals surface area contributed by atoms with Crippen LogP contribution in [0.4, 0.5) is 4.39 Å². The number of ether oxygens (including phenoxy) is 1. The van der Waals surface area contributed by atoms with Gasteiger partial charge in [0.2, 0.25) is 0 Å². The van der Waals surface area contributed by atoms with Crippen molar-refractivity contribution in [2.24, 2.45) is 5.92 Å². The Morgan fingerprint density at radius 2 is 2.04 bits per heavy atom. The molecule has 2 aliphatic rings. The second-order valence-electron chi connectivity index (χ2n) is 6.82. The zero-order chi connectivity index (χ0) is 17.2. The van der Waals surface area contributed by atoms with Crippen molar-refractivity contribution >= 4 is 5.91 Å². The molecule has 0 unspecified atom stereocenters. The van der Waals surface area contributed by atoms with E-state index in [1.807, 2.05) is 0 Å². The van der Waals surface area contributed by atoms with Gasteiger partial charge in [-0.15, -0.1) is 0 Å². The molecule has 1 aromatic carbocycles. The van der Waals surface area contributed by atoms with Crippen LogP contribution in [0.5, 0.6) is 0 Å². The van der Waals surface area contributed by atoms with E-state index in [4.69, 9.17) is 9.15 Å². The first-order chi connectivity index (χ1) is 12.2. The van der Waals surface area contributed by atoms with Gasteiger partial charge >= 0.3 is 0 Å². The van der Waals surface area contributed by atoms with Gasteiger partial charge in [-0.2, -0.15) is 0 Å². The van der Waals surface area contributed by atoms with Gasteiger partial charge in [0.05, 0.1) is 0 Å². The first-order valence-corrected chi connectivity index (χ1v) is 8.79. The average molecular weight is 344 g/mol. The second kappa shape index (κ2) is 6.96. The zero-order valence-corrected chi connectivity index (χ0v) is 14.0. The number of hydrogen-bond donors (Lipinski definition) is 0. The van der Waals surface area contributed by atoms with E-state index in [1.165, 1.54) is 18.5 Å². The van der Waals surface area contributed by atoms with Gasteiger partial charge in [0, 0.05) is 19.7 Å². The number of oxazole rings is 1. The summed E-state index contributed by atoms with van der Waals surface area (Å²) < 4.78 is 24.3. The predicted molar refractivity (Wildman–Crippen MR) is 88.3 cm³/mol. The number of aromatic nitrogens is 1. The van der Waals surface area contributed by atoms with Gasteiger partial charge in [-0.05, 0) is 49.3 Å². The van der Waals surface area contributed by atoms with Crippen LogP contribution in [-0.4, -0.2) is 28.9 Å². The van der Waals surface area contributed by atoms with Crippen LogP contribution in [0.1, 0.15) is 53.6 Å². The minimum absolute atomic E-state index is 0.143. The lowest BCUT2D eigenvalue weighted by molar-refractivity contribution is 0.0696. The highest BCUT2D eigenvalue weighted by atomic mass is 19.1. The molecule has 0 N–H and O–H groups in total. The van der Waals surface area contributed by atoms with Gasteiger partial charge in [-0.1, -0.05) is 12.1 Å². The summed E-state index contributed by atoms with van der Waals surface area (Å²) in [6, 6.07) is 6.27. The summed E-state index contributed by atoms with van der Waals surface area (Å²) in [7, 11) is 0. The molecule has 2 heterocycles. The standard InChI is InChI=1S/C19H21FN2O3/c20-15-7-5-14(6-8-15)11-22(10-13-3-4-13)19(23)17-18(25-12-21-17)16-2-1-9-24-16/h5-8,12-13,16H,1-4,9-11H2/t16-/m1/s1. The molecular formula is C19H21FN2O3. The number of halogens is 1. The molecule has 4 rings (SSSR count). The summed E-state index contributed by atoms with van der Waals surface area (Å²) in [5, 5.41) is 0. The maximum Gasteiger partial charge on any atom is 0.276 e. The van der Waals surface area contributed by atoms with Crippen LogP contribution in [0, 0.1) is 11.7 Å². The third-order valence-electron chi connectivity index (χ3n) is 4.77. The van der Waals surface area contributed by atoms with Gasteiger partial charge in [0.15, 0.2) is 17.8 Å². The minimum Gasteiger partial charge on any atom is -0.445 e. The van der Waals surface area contributed by atoms with Crippen LogP contribution in [0.15, 0.2) is 35.1 Å². The van der Waals surface area contributed by atoms with Crippen LogP contribution >= 0.6 is 0 Å². The Labute approximate surface area is 145 Å². The monoisotopic (exact) mass is 344 g/mol. The summed E-state index contributed by atoms with van der Waals surface area (Å²) in [6.45, 7) is 1.81. The fourth-order valence-corrected chi connectivity index (χ4v) is 3.22. The Morgan fingerprint density at radius 1 is 1.24 bits per heavy atom. The van der Waals surface area contributed by atoms with E-state index in [0.717, 1.165) is 31.2 Å². The maximum absolute atomic E-state index is 13.1. The minimum atomic E-state index is -0.277. The Hall–Kier alpha value is -2.21. The first-order valence-electron chi connectivity index (χ1n) is 8.79. The molecule has 1 aromatic heterocycles. The smallest absolute Gasteiger partial charge is 0.276 e. The molecule has 1 aliphatic heterocycles. The molecule has 6 heteroatoms. The quantitative estimate of drug-likeness (QED) is 0.801. The van der Waals surface area contributed by atoms with Crippen molar-refractivity contribution in [2.45, 2.75) is 38.3 Å². The van der Waals surface area contributed by atoms with Crippen LogP contribution < -0.4 is 0 Å². The lowest BCUT2D eigenvalue weighted by atomic mass is 10.1.